The highest BCUT2D eigenvalue weighted by molar-refractivity contribution is 7.89. The molecule has 0 radical (unpaired) electrons. The van der Waals surface area contributed by atoms with Gasteiger partial charge in [-0.3, -0.25) is 0 Å². The van der Waals surface area contributed by atoms with Crippen LogP contribution in [0.15, 0.2) is 59.5 Å². The fourth-order valence-corrected chi connectivity index (χ4v) is 3.83. The van der Waals surface area contributed by atoms with Gasteiger partial charge in [-0.25, -0.2) is 13.1 Å². The van der Waals surface area contributed by atoms with Crippen LogP contribution >= 0.6 is 0 Å². The van der Waals surface area contributed by atoms with Gasteiger partial charge in [-0.05, 0) is 48.6 Å². The van der Waals surface area contributed by atoms with Crippen molar-refractivity contribution in [3.8, 4) is 5.75 Å². The van der Waals surface area contributed by atoms with E-state index in [9.17, 15) is 8.42 Å². The summed E-state index contributed by atoms with van der Waals surface area (Å²) < 4.78 is 33.1. The Morgan fingerprint density at radius 1 is 1.05 bits per heavy atom. The second-order valence-electron chi connectivity index (χ2n) is 5.52. The van der Waals surface area contributed by atoms with Crippen molar-refractivity contribution in [1.29, 1.82) is 0 Å². The van der Waals surface area contributed by atoms with E-state index in [0.717, 1.165) is 24.2 Å². The number of hydrogen-bond acceptors (Lipinski definition) is 3. The third-order valence-corrected chi connectivity index (χ3v) is 5.36. The molecule has 0 bridgehead atoms. The Hall–Kier alpha value is -1.85. The number of hydrogen-bond donors (Lipinski definition) is 1. The van der Waals surface area contributed by atoms with E-state index >= 15 is 0 Å². The van der Waals surface area contributed by atoms with Crippen LogP contribution in [0.5, 0.6) is 5.75 Å². The van der Waals surface area contributed by atoms with Crippen molar-refractivity contribution in [3.05, 3.63) is 60.2 Å². The first kappa shape index (κ1) is 15.1. The van der Waals surface area contributed by atoms with Crippen LogP contribution in [0.2, 0.25) is 0 Å². The summed E-state index contributed by atoms with van der Waals surface area (Å²) in [6.07, 6.45) is 2.10. The molecule has 3 rings (SSSR count). The van der Waals surface area contributed by atoms with Gasteiger partial charge in [0.15, 0.2) is 0 Å². The second kappa shape index (κ2) is 6.10. The number of nitrogens with one attached hydrogen (secondary N) is 1. The van der Waals surface area contributed by atoms with Crippen molar-refractivity contribution < 1.29 is 13.2 Å². The van der Waals surface area contributed by atoms with E-state index in [2.05, 4.69) is 4.72 Å². The number of rotatable bonds is 6. The maximum absolute atomic E-state index is 12.5. The molecule has 2 aromatic rings. The number of ether oxygens (including phenoxy) is 1. The zero-order valence-electron chi connectivity index (χ0n) is 12.4. The van der Waals surface area contributed by atoms with Gasteiger partial charge < -0.3 is 4.74 Å². The van der Waals surface area contributed by atoms with Crippen LogP contribution in [0.25, 0.3) is 0 Å². The first-order chi connectivity index (χ1) is 10.6. The van der Waals surface area contributed by atoms with Gasteiger partial charge in [-0.1, -0.05) is 30.3 Å². The Kier molecular flexibility index (Phi) is 4.18. The zero-order valence-corrected chi connectivity index (χ0v) is 13.2. The molecule has 1 unspecified atom stereocenters. The Bertz CT molecular complexity index is 722. The van der Waals surface area contributed by atoms with Crippen LogP contribution < -0.4 is 9.46 Å². The predicted molar refractivity (Wildman–Crippen MR) is 85.2 cm³/mol. The second-order valence-corrected chi connectivity index (χ2v) is 7.24. The van der Waals surface area contributed by atoms with Crippen molar-refractivity contribution in [2.75, 3.05) is 7.11 Å². The van der Waals surface area contributed by atoms with Crippen molar-refractivity contribution in [2.24, 2.45) is 5.92 Å². The molecule has 0 spiro atoms. The van der Waals surface area contributed by atoms with E-state index in [-0.39, 0.29) is 6.04 Å². The van der Waals surface area contributed by atoms with Gasteiger partial charge in [0.25, 0.3) is 0 Å². The number of sulfonamides is 1. The highest BCUT2D eigenvalue weighted by atomic mass is 32.2. The molecule has 0 heterocycles. The summed E-state index contributed by atoms with van der Waals surface area (Å²) >= 11 is 0. The lowest BCUT2D eigenvalue weighted by atomic mass is 10.0. The highest BCUT2D eigenvalue weighted by Crippen LogP contribution is 2.42. The van der Waals surface area contributed by atoms with Crippen LogP contribution in [0, 0.1) is 5.92 Å². The summed E-state index contributed by atoms with van der Waals surface area (Å²) in [6.45, 7) is 0. The smallest absolute Gasteiger partial charge is 0.241 e. The molecule has 5 heteroatoms. The van der Waals surface area contributed by atoms with Crippen LogP contribution in [-0.2, 0) is 10.0 Å². The summed E-state index contributed by atoms with van der Waals surface area (Å²) in [5.41, 5.74) is 0.975. The molecule has 0 aliphatic heterocycles. The van der Waals surface area contributed by atoms with E-state index in [4.69, 9.17) is 4.74 Å². The van der Waals surface area contributed by atoms with Crippen LogP contribution in [-0.4, -0.2) is 15.5 Å². The largest absolute Gasteiger partial charge is 0.497 e. The first-order valence-electron chi connectivity index (χ1n) is 7.31. The average Bonchev–Trinajstić information content (AvgIpc) is 3.38. The van der Waals surface area contributed by atoms with E-state index in [1.165, 1.54) is 0 Å². The third-order valence-electron chi connectivity index (χ3n) is 3.90. The summed E-state index contributed by atoms with van der Waals surface area (Å²) in [7, 11) is -1.89. The molecule has 1 saturated carbocycles. The van der Waals surface area contributed by atoms with Crippen molar-refractivity contribution >= 4 is 10.0 Å². The standard InChI is InChI=1S/C17H19NO3S/c1-21-15-11-9-14(10-12-15)17(13-7-8-13)18-22(19,20)16-5-3-2-4-6-16/h2-6,9-13,17-18H,7-8H2,1H3. The Morgan fingerprint density at radius 3 is 2.23 bits per heavy atom. The van der Waals surface area contributed by atoms with Gasteiger partial charge >= 0.3 is 0 Å². The molecule has 1 fully saturated rings. The molecular formula is C17H19NO3S. The van der Waals surface area contributed by atoms with E-state index in [1.807, 2.05) is 24.3 Å². The van der Waals surface area contributed by atoms with Gasteiger partial charge in [-0.2, -0.15) is 0 Å². The lowest BCUT2D eigenvalue weighted by molar-refractivity contribution is 0.414. The molecule has 0 amide bonds. The third kappa shape index (κ3) is 3.31. The Morgan fingerprint density at radius 2 is 1.68 bits per heavy atom. The minimum absolute atomic E-state index is 0.184. The molecule has 2 aromatic carbocycles. The molecule has 22 heavy (non-hydrogen) atoms. The maximum Gasteiger partial charge on any atom is 0.241 e. The normalized spacial score (nSPS) is 16.2. The molecule has 0 aromatic heterocycles. The molecule has 1 atom stereocenters. The number of methoxy groups -OCH3 is 1. The minimum atomic E-state index is -3.51. The zero-order chi connectivity index (χ0) is 15.6. The van der Waals surface area contributed by atoms with Gasteiger partial charge in [-0.15, -0.1) is 0 Å². The Labute approximate surface area is 131 Å². The van der Waals surface area contributed by atoms with Crippen LogP contribution in [0.4, 0.5) is 0 Å². The highest BCUT2D eigenvalue weighted by Gasteiger charge is 2.35. The lowest BCUT2D eigenvalue weighted by Crippen LogP contribution is -2.30. The van der Waals surface area contributed by atoms with Crippen molar-refractivity contribution in [3.63, 3.8) is 0 Å². The fraction of sp³-hybridized carbons (Fsp3) is 0.294. The molecule has 1 N–H and O–H groups in total. The van der Waals surface area contributed by atoms with E-state index < -0.39 is 10.0 Å². The van der Waals surface area contributed by atoms with Gasteiger partial charge in [0, 0.05) is 6.04 Å². The monoisotopic (exact) mass is 317 g/mol. The summed E-state index contributed by atoms with van der Waals surface area (Å²) in [5, 5.41) is 0. The quantitative estimate of drug-likeness (QED) is 0.890. The van der Waals surface area contributed by atoms with Gasteiger partial charge in [0.2, 0.25) is 10.0 Å². The molecule has 0 saturated heterocycles. The molecule has 1 aliphatic carbocycles. The van der Waals surface area contributed by atoms with Crippen LogP contribution in [0.3, 0.4) is 0 Å². The SMILES string of the molecule is COc1ccc(C(NS(=O)(=O)c2ccccc2)C2CC2)cc1. The molecule has 116 valence electrons. The fourth-order valence-electron chi connectivity index (χ4n) is 2.51. The van der Waals surface area contributed by atoms with Crippen molar-refractivity contribution in [1.82, 2.24) is 4.72 Å². The molecular weight excluding hydrogens is 298 g/mol. The van der Waals surface area contributed by atoms with Gasteiger partial charge in [0.05, 0.1) is 12.0 Å². The van der Waals surface area contributed by atoms with E-state index in [0.29, 0.717) is 10.8 Å². The van der Waals surface area contributed by atoms with Crippen molar-refractivity contribution in [2.45, 2.75) is 23.8 Å². The molecule has 4 nitrogen and oxygen atoms in total. The lowest BCUT2D eigenvalue weighted by Gasteiger charge is -2.19. The molecule has 1 aliphatic rings. The van der Waals surface area contributed by atoms with Gasteiger partial charge in [0.1, 0.15) is 5.75 Å². The first-order valence-corrected chi connectivity index (χ1v) is 8.80. The summed E-state index contributed by atoms with van der Waals surface area (Å²) in [4.78, 5) is 0.300. The average molecular weight is 317 g/mol. The maximum atomic E-state index is 12.5. The minimum Gasteiger partial charge on any atom is -0.497 e. The Balaban J connectivity index is 1.86. The van der Waals surface area contributed by atoms with E-state index in [1.54, 1.807) is 37.4 Å². The number of benzene rings is 2. The summed E-state index contributed by atoms with van der Waals surface area (Å²) in [5.74, 6) is 1.14. The van der Waals surface area contributed by atoms with Crippen LogP contribution in [0.1, 0.15) is 24.4 Å². The summed E-state index contributed by atoms with van der Waals surface area (Å²) in [6, 6.07) is 15.9. The topological polar surface area (TPSA) is 55.4 Å². The predicted octanol–water partition coefficient (Wildman–Crippen LogP) is 3.12.